The summed E-state index contributed by atoms with van der Waals surface area (Å²) in [5.41, 5.74) is 3.17. The van der Waals surface area contributed by atoms with Crippen molar-refractivity contribution in [3.63, 3.8) is 0 Å². The van der Waals surface area contributed by atoms with Crippen LogP contribution in [0, 0.1) is 5.92 Å². The van der Waals surface area contributed by atoms with E-state index in [1.54, 1.807) is 6.07 Å². The molecule has 2 aliphatic rings. The number of nitrogens with zero attached hydrogens (tertiary/aromatic N) is 3. The highest BCUT2D eigenvalue weighted by Gasteiger charge is 2.32. The van der Waals surface area contributed by atoms with Crippen LogP contribution in [0.25, 0.3) is 0 Å². The molecule has 2 N–H and O–H groups in total. The number of hydrogen-bond donors (Lipinski definition) is 1. The van der Waals surface area contributed by atoms with E-state index in [9.17, 15) is 13.2 Å². The molecular formula is C22H31F3N4. The Morgan fingerprint density at radius 1 is 1.07 bits per heavy atom. The first-order valence-corrected chi connectivity index (χ1v) is 10.3. The molecule has 4 nitrogen and oxygen atoms in total. The molecule has 0 spiro atoms. The molecule has 1 aromatic carbocycles. The van der Waals surface area contributed by atoms with Crippen LogP contribution in [0.5, 0.6) is 0 Å². The van der Waals surface area contributed by atoms with Gasteiger partial charge in [0.25, 0.3) is 0 Å². The third-order valence-electron chi connectivity index (χ3n) is 6.22. The van der Waals surface area contributed by atoms with Crippen molar-refractivity contribution in [1.82, 2.24) is 9.80 Å². The van der Waals surface area contributed by atoms with Crippen LogP contribution < -0.4 is 5.84 Å². The molecule has 3 rings (SSSR count). The average molecular weight is 409 g/mol. The van der Waals surface area contributed by atoms with Crippen molar-refractivity contribution in [2.45, 2.75) is 45.2 Å². The molecule has 0 aromatic heterocycles. The molecule has 160 valence electrons. The quantitative estimate of drug-likeness (QED) is 0.559. The first kappa shape index (κ1) is 21.7. The van der Waals surface area contributed by atoms with Gasteiger partial charge in [-0.15, -0.1) is 0 Å². The Morgan fingerprint density at radius 3 is 2.38 bits per heavy atom. The lowest BCUT2D eigenvalue weighted by atomic mass is 9.84. The van der Waals surface area contributed by atoms with Gasteiger partial charge < -0.3 is 15.6 Å². The molecule has 1 aromatic rings. The fourth-order valence-corrected chi connectivity index (χ4v) is 4.29. The minimum atomic E-state index is -4.32. The zero-order chi connectivity index (χ0) is 21.2. The zero-order valence-corrected chi connectivity index (χ0v) is 17.5. The molecular weight excluding hydrogens is 377 g/mol. The van der Waals surface area contributed by atoms with Gasteiger partial charge in [0.05, 0.1) is 17.0 Å². The van der Waals surface area contributed by atoms with Crippen LogP contribution >= 0.6 is 0 Å². The summed E-state index contributed by atoms with van der Waals surface area (Å²) >= 11 is 0. The van der Waals surface area contributed by atoms with Gasteiger partial charge in [0.15, 0.2) is 0 Å². The summed E-state index contributed by atoms with van der Waals surface area (Å²) in [5.74, 6) is 6.00. The van der Waals surface area contributed by atoms with Crippen LogP contribution in [0.2, 0.25) is 0 Å². The van der Waals surface area contributed by atoms with Crippen LogP contribution in [0.1, 0.15) is 49.3 Å². The molecule has 7 heteroatoms. The van der Waals surface area contributed by atoms with Crippen molar-refractivity contribution in [2.24, 2.45) is 16.9 Å². The Bertz CT molecular complexity index is 777. The van der Waals surface area contributed by atoms with Gasteiger partial charge in [-0.05, 0) is 55.5 Å². The van der Waals surface area contributed by atoms with E-state index in [4.69, 9.17) is 5.84 Å². The fraction of sp³-hybridized carbons (Fsp3) is 0.591. The minimum Gasteiger partial charge on any atom is -0.368 e. The molecule has 1 heterocycles. The number of piperazine rings is 1. The number of alkyl halides is 3. The molecule has 0 saturated carbocycles. The van der Waals surface area contributed by atoms with Gasteiger partial charge in [0.1, 0.15) is 0 Å². The third kappa shape index (κ3) is 4.94. The standard InChI is InChI=1S/C22H31F3N4/c1-15-5-9-20(29-12-10-28(3)11-13-29)21(27-26)16(2)4-6-17-14-18(22(23,24)25)7-8-19(15)17/h7-9,14-16H,4-6,10-13,26H2,1-3H3/b20-9-,27-21+. The molecule has 1 fully saturated rings. The average Bonchev–Trinajstić information content (AvgIpc) is 2.68. The second-order valence-corrected chi connectivity index (χ2v) is 8.38. The van der Waals surface area contributed by atoms with Gasteiger partial charge >= 0.3 is 6.18 Å². The lowest BCUT2D eigenvalue weighted by Gasteiger charge is -2.37. The maximum Gasteiger partial charge on any atom is 0.416 e. The number of nitrogens with two attached hydrogens (primary N) is 1. The van der Waals surface area contributed by atoms with Crippen molar-refractivity contribution in [2.75, 3.05) is 33.2 Å². The number of likely N-dealkylation sites (N-methyl/N-ethyl adjacent to an activating group) is 1. The smallest absolute Gasteiger partial charge is 0.368 e. The highest BCUT2D eigenvalue weighted by Crippen LogP contribution is 2.35. The Labute approximate surface area is 171 Å². The molecule has 1 aliphatic heterocycles. The van der Waals surface area contributed by atoms with Gasteiger partial charge in [-0.3, -0.25) is 0 Å². The number of halogens is 3. The van der Waals surface area contributed by atoms with E-state index in [2.05, 4.69) is 41.9 Å². The molecule has 0 amide bonds. The van der Waals surface area contributed by atoms with Crippen LogP contribution in [-0.2, 0) is 12.6 Å². The monoisotopic (exact) mass is 408 g/mol. The van der Waals surface area contributed by atoms with Crippen molar-refractivity contribution >= 4 is 5.71 Å². The zero-order valence-electron chi connectivity index (χ0n) is 17.5. The second kappa shape index (κ2) is 8.78. The number of hydrazone groups is 1. The maximum absolute atomic E-state index is 13.2. The Hall–Kier alpha value is -2.02. The first-order valence-electron chi connectivity index (χ1n) is 10.3. The highest BCUT2D eigenvalue weighted by atomic mass is 19.4. The van der Waals surface area contributed by atoms with Gasteiger partial charge in [0, 0.05) is 32.1 Å². The summed E-state index contributed by atoms with van der Waals surface area (Å²) in [6, 6.07) is 4.20. The summed E-state index contributed by atoms with van der Waals surface area (Å²) in [7, 11) is 2.12. The van der Waals surface area contributed by atoms with Gasteiger partial charge in [0.2, 0.25) is 0 Å². The molecule has 1 aliphatic carbocycles. The van der Waals surface area contributed by atoms with Crippen LogP contribution in [0.4, 0.5) is 13.2 Å². The summed E-state index contributed by atoms with van der Waals surface area (Å²) < 4.78 is 39.6. The predicted molar refractivity (Wildman–Crippen MR) is 111 cm³/mol. The van der Waals surface area contributed by atoms with E-state index in [0.717, 1.165) is 55.1 Å². The second-order valence-electron chi connectivity index (χ2n) is 8.38. The SMILES string of the molecule is CC1CCc2cc(C(F)(F)F)ccc2C(C)C/C=C(N2CCN(C)CC2)/C1=N/N. The molecule has 29 heavy (non-hydrogen) atoms. The molecule has 0 bridgehead atoms. The van der Waals surface area contributed by atoms with Crippen molar-refractivity contribution in [3.05, 3.63) is 46.7 Å². The van der Waals surface area contributed by atoms with E-state index in [-0.39, 0.29) is 11.8 Å². The number of benzene rings is 1. The Morgan fingerprint density at radius 2 is 1.76 bits per heavy atom. The third-order valence-corrected chi connectivity index (χ3v) is 6.22. The molecule has 2 atom stereocenters. The van der Waals surface area contributed by atoms with E-state index < -0.39 is 11.7 Å². The topological polar surface area (TPSA) is 44.9 Å². The Kier molecular flexibility index (Phi) is 6.56. The van der Waals surface area contributed by atoms with E-state index in [1.165, 1.54) is 12.1 Å². The number of rotatable bonds is 1. The highest BCUT2D eigenvalue weighted by molar-refractivity contribution is 6.01. The van der Waals surface area contributed by atoms with Gasteiger partial charge in [-0.25, -0.2) is 0 Å². The maximum atomic E-state index is 13.2. The van der Waals surface area contributed by atoms with Crippen LogP contribution in [-0.4, -0.2) is 48.7 Å². The van der Waals surface area contributed by atoms with E-state index >= 15 is 0 Å². The molecule has 2 unspecified atom stereocenters. The summed E-state index contributed by atoms with van der Waals surface area (Å²) in [5, 5.41) is 4.13. The number of allylic oxidation sites excluding steroid dienone is 2. The lowest BCUT2D eigenvalue weighted by Crippen LogP contribution is -2.46. The number of hydrogen-bond acceptors (Lipinski definition) is 4. The van der Waals surface area contributed by atoms with Crippen LogP contribution in [0.3, 0.4) is 0 Å². The van der Waals surface area contributed by atoms with Crippen molar-refractivity contribution < 1.29 is 13.2 Å². The molecule has 1 saturated heterocycles. The molecule has 0 radical (unpaired) electrons. The Balaban J connectivity index is 1.95. The minimum absolute atomic E-state index is 0.0710. The normalized spacial score (nSPS) is 28.0. The first-order chi connectivity index (χ1) is 13.7. The largest absolute Gasteiger partial charge is 0.416 e. The predicted octanol–water partition coefficient (Wildman–Crippen LogP) is 4.23. The summed E-state index contributed by atoms with van der Waals surface area (Å²) in [6.07, 6.45) is -0.101. The van der Waals surface area contributed by atoms with Crippen molar-refractivity contribution in [1.29, 1.82) is 0 Å². The van der Waals surface area contributed by atoms with Crippen LogP contribution in [0.15, 0.2) is 35.1 Å². The summed E-state index contributed by atoms with van der Waals surface area (Å²) in [4.78, 5) is 4.65. The van der Waals surface area contributed by atoms with Gasteiger partial charge in [-0.2, -0.15) is 18.3 Å². The number of fused-ring (bicyclic) bond motifs is 1. The van der Waals surface area contributed by atoms with Gasteiger partial charge in [-0.1, -0.05) is 26.0 Å². The fourth-order valence-electron chi connectivity index (χ4n) is 4.29. The number of aryl methyl sites for hydroxylation is 1. The lowest BCUT2D eigenvalue weighted by molar-refractivity contribution is -0.137. The van der Waals surface area contributed by atoms with E-state index in [0.29, 0.717) is 12.8 Å². The van der Waals surface area contributed by atoms with E-state index in [1.807, 2.05) is 0 Å². The van der Waals surface area contributed by atoms with Crippen molar-refractivity contribution in [3.8, 4) is 0 Å². The summed E-state index contributed by atoms with van der Waals surface area (Å²) in [6.45, 7) is 7.97.